The van der Waals surface area contributed by atoms with Gasteiger partial charge in [0.25, 0.3) is 0 Å². The maximum Gasteiger partial charge on any atom is 0.304 e. The average molecular weight is 509 g/mol. The summed E-state index contributed by atoms with van der Waals surface area (Å²) in [5, 5.41) is 3.05. The van der Waals surface area contributed by atoms with E-state index in [0.717, 1.165) is 14.2 Å². The zero-order chi connectivity index (χ0) is 25.6. The van der Waals surface area contributed by atoms with Crippen LogP contribution in [0.5, 0.6) is 0 Å². The third kappa shape index (κ3) is 6.28. The van der Waals surface area contributed by atoms with Crippen LogP contribution in [-0.2, 0) is 26.3 Å². The Bertz CT molecular complexity index is 1140. The van der Waals surface area contributed by atoms with Crippen molar-refractivity contribution in [3.8, 4) is 0 Å². The number of amides is 2. The van der Waals surface area contributed by atoms with Gasteiger partial charge in [-0.2, -0.15) is 12.7 Å². The first-order valence-electron chi connectivity index (χ1n) is 11.0. The van der Waals surface area contributed by atoms with Gasteiger partial charge in [-0.1, -0.05) is 48.9 Å². The molecule has 10 heteroatoms. The van der Waals surface area contributed by atoms with Gasteiger partial charge in [0, 0.05) is 32.7 Å². The SMILES string of the molecule is CCC(C(=O)NC)N(Cc1ccccc1Cl)C(=O)CN(c1cc(C)ccc1C)S(=O)(=O)N(C)C. The second-order valence-electron chi connectivity index (χ2n) is 8.24. The van der Waals surface area contributed by atoms with Gasteiger partial charge in [0.1, 0.15) is 12.6 Å². The summed E-state index contributed by atoms with van der Waals surface area (Å²) in [7, 11) is 0.326. The van der Waals surface area contributed by atoms with Crippen molar-refractivity contribution < 1.29 is 18.0 Å². The Kier molecular flexibility index (Phi) is 9.49. The lowest BCUT2D eigenvalue weighted by molar-refractivity contribution is -0.140. The summed E-state index contributed by atoms with van der Waals surface area (Å²) in [5.74, 6) is -0.849. The Labute approximate surface area is 207 Å². The largest absolute Gasteiger partial charge is 0.357 e. The van der Waals surface area contributed by atoms with Crippen molar-refractivity contribution in [1.29, 1.82) is 0 Å². The van der Waals surface area contributed by atoms with E-state index in [4.69, 9.17) is 11.6 Å². The van der Waals surface area contributed by atoms with Crippen LogP contribution in [0, 0.1) is 13.8 Å². The molecule has 0 fully saturated rings. The van der Waals surface area contributed by atoms with Gasteiger partial charge in [0.15, 0.2) is 0 Å². The molecule has 0 spiro atoms. The minimum absolute atomic E-state index is 0.0626. The summed E-state index contributed by atoms with van der Waals surface area (Å²) in [4.78, 5) is 27.7. The average Bonchev–Trinajstić information content (AvgIpc) is 2.79. The summed E-state index contributed by atoms with van der Waals surface area (Å²) < 4.78 is 28.7. The summed E-state index contributed by atoms with van der Waals surface area (Å²) in [5.41, 5.74) is 2.64. The van der Waals surface area contributed by atoms with E-state index in [9.17, 15) is 18.0 Å². The quantitative estimate of drug-likeness (QED) is 0.534. The lowest BCUT2D eigenvalue weighted by atomic mass is 10.1. The highest BCUT2D eigenvalue weighted by molar-refractivity contribution is 7.90. The van der Waals surface area contributed by atoms with E-state index in [1.807, 2.05) is 19.1 Å². The van der Waals surface area contributed by atoms with Crippen LogP contribution in [-0.4, -0.2) is 63.2 Å². The molecule has 0 saturated carbocycles. The maximum atomic E-state index is 13.7. The Balaban J connectivity index is 2.56. The molecule has 0 radical (unpaired) electrons. The smallest absolute Gasteiger partial charge is 0.304 e. The van der Waals surface area contributed by atoms with Gasteiger partial charge in [-0.15, -0.1) is 0 Å². The predicted molar refractivity (Wildman–Crippen MR) is 136 cm³/mol. The monoisotopic (exact) mass is 508 g/mol. The fraction of sp³-hybridized carbons (Fsp3) is 0.417. The number of halogens is 1. The number of carbonyl (C=O) groups is 2. The minimum Gasteiger partial charge on any atom is -0.357 e. The number of carbonyl (C=O) groups excluding carboxylic acids is 2. The minimum atomic E-state index is -4.01. The van der Waals surface area contributed by atoms with Gasteiger partial charge in [-0.25, -0.2) is 4.31 Å². The molecule has 2 amide bonds. The number of nitrogens with zero attached hydrogens (tertiary/aromatic N) is 3. The lowest BCUT2D eigenvalue weighted by Crippen LogP contribution is -2.53. The van der Waals surface area contributed by atoms with Crippen LogP contribution in [0.15, 0.2) is 42.5 Å². The number of likely N-dealkylation sites (N-methyl/N-ethyl adjacent to an activating group) is 1. The number of hydrogen-bond donors (Lipinski definition) is 1. The summed E-state index contributed by atoms with van der Waals surface area (Å²) in [6.45, 7) is 5.04. The van der Waals surface area contributed by atoms with Gasteiger partial charge in [0.2, 0.25) is 11.8 Å². The highest BCUT2D eigenvalue weighted by atomic mass is 35.5. The highest BCUT2D eigenvalue weighted by Gasteiger charge is 2.34. The van der Waals surface area contributed by atoms with Crippen molar-refractivity contribution in [2.24, 2.45) is 0 Å². The fourth-order valence-corrected chi connectivity index (χ4v) is 4.89. The van der Waals surface area contributed by atoms with Crippen molar-refractivity contribution in [1.82, 2.24) is 14.5 Å². The van der Waals surface area contributed by atoms with Crippen molar-refractivity contribution in [3.05, 3.63) is 64.2 Å². The van der Waals surface area contributed by atoms with E-state index < -0.39 is 28.7 Å². The van der Waals surface area contributed by atoms with E-state index in [2.05, 4.69) is 5.32 Å². The van der Waals surface area contributed by atoms with E-state index in [1.54, 1.807) is 44.2 Å². The number of hydrogen-bond acceptors (Lipinski definition) is 4. The molecule has 0 aromatic heterocycles. The van der Waals surface area contributed by atoms with Gasteiger partial charge < -0.3 is 10.2 Å². The first-order valence-corrected chi connectivity index (χ1v) is 12.7. The van der Waals surface area contributed by atoms with Crippen LogP contribution in [0.4, 0.5) is 5.69 Å². The Morgan fingerprint density at radius 3 is 2.29 bits per heavy atom. The summed E-state index contributed by atoms with van der Waals surface area (Å²) in [6, 6.07) is 11.7. The van der Waals surface area contributed by atoms with Crippen molar-refractivity contribution >= 4 is 39.3 Å². The molecule has 2 aromatic carbocycles. The molecule has 1 atom stereocenters. The van der Waals surface area contributed by atoms with Crippen LogP contribution in [0.1, 0.15) is 30.0 Å². The second kappa shape index (κ2) is 11.7. The summed E-state index contributed by atoms with van der Waals surface area (Å²) >= 11 is 6.34. The van der Waals surface area contributed by atoms with Crippen molar-refractivity contribution in [2.45, 2.75) is 39.8 Å². The van der Waals surface area contributed by atoms with Gasteiger partial charge in [-0.05, 0) is 49.1 Å². The Hall–Kier alpha value is -2.62. The van der Waals surface area contributed by atoms with Crippen LogP contribution in [0.3, 0.4) is 0 Å². The van der Waals surface area contributed by atoms with Gasteiger partial charge in [-0.3, -0.25) is 9.59 Å². The number of nitrogens with one attached hydrogen (secondary N) is 1. The molecule has 0 heterocycles. The van der Waals surface area contributed by atoms with Gasteiger partial charge >= 0.3 is 10.2 Å². The topological polar surface area (TPSA) is 90.0 Å². The summed E-state index contributed by atoms with van der Waals surface area (Å²) in [6.07, 6.45) is 0.347. The third-order valence-electron chi connectivity index (χ3n) is 5.58. The molecule has 0 saturated heterocycles. The van der Waals surface area contributed by atoms with E-state index in [-0.39, 0.29) is 12.5 Å². The molecule has 0 aliphatic heterocycles. The molecule has 0 aliphatic carbocycles. The van der Waals surface area contributed by atoms with Crippen molar-refractivity contribution in [3.63, 3.8) is 0 Å². The number of benzene rings is 2. The molecule has 186 valence electrons. The van der Waals surface area contributed by atoms with E-state index >= 15 is 0 Å². The van der Waals surface area contributed by atoms with Crippen molar-refractivity contribution in [2.75, 3.05) is 32.0 Å². The number of aryl methyl sites for hydroxylation is 2. The zero-order valence-corrected chi connectivity index (χ0v) is 22.1. The standard InChI is InChI=1S/C24H33ClN4O4S/c1-7-21(24(31)26-4)28(15-19-10-8-9-11-20(19)25)23(30)16-29(34(32,33)27(5)6)22-14-17(2)12-13-18(22)3/h8-14,21H,7,15-16H2,1-6H3,(H,26,31). The van der Waals surface area contributed by atoms with Crippen LogP contribution in [0.25, 0.3) is 0 Å². The fourth-order valence-electron chi connectivity index (χ4n) is 3.59. The normalized spacial score (nSPS) is 12.4. The molecule has 0 aliphatic rings. The molecule has 2 rings (SSSR count). The second-order valence-corrected chi connectivity index (χ2v) is 10.7. The zero-order valence-electron chi connectivity index (χ0n) is 20.5. The Morgan fingerprint density at radius 2 is 1.74 bits per heavy atom. The van der Waals surface area contributed by atoms with E-state index in [1.165, 1.54) is 26.0 Å². The first-order chi connectivity index (χ1) is 15.9. The molecule has 34 heavy (non-hydrogen) atoms. The molecular weight excluding hydrogens is 476 g/mol. The van der Waals surface area contributed by atoms with Crippen LogP contribution in [0.2, 0.25) is 5.02 Å². The molecular formula is C24H33ClN4O4S. The van der Waals surface area contributed by atoms with Crippen LogP contribution < -0.4 is 9.62 Å². The molecule has 0 bridgehead atoms. The lowest BCUT2D eigenvalue weighted by Gasteiger charge is -2.34. The molecule has 1 unspecified atom stereocenters. The number of rotatable bonds is 10. The third-order valence-corrected chi connectivity index (χ3v) is 7.76. The van der Waals surface area contributed by atoms with Gasteiger partial charge in [0.05, 0.1) is 5.69 Å². The molecule has 1 N–H and O–H groups in total. The predicted octanol–water partition coefficient (Wildman–Crippen LogP) is 3.12. The highest BCUT2D eigenvalue weighted by Crippen LogP contribution is 2.26. The van der Waals surface area contributed by atoms with Crippen LogP contribution >= 0.6 is 11.6 Å². The first kappa shape index (κ1) is 27.6. The molecule has 2 aromatic rings. The molecule has 8 nitrogen and oxygen atoms in total. The Morgan fingerprint density at radius 1 is 1.09 bits per heavy atom. The maximum absolute atomic E-state index is 13.7. The number of anilines is 1. The van der Waals surface area contributed by atoms with E-state index in [0.29, 0.717) is 28.3 Å².